The zero-order valence-corrected chi connectivity index (χ0v) is 12.1. The molecule has 0 aliphatic heterocycles. The summed E-state index contributed by atoms with van der Waals surface area (Å²) in [7, 11) is 4.09. The van der Waals surface area contributed by atoms with Gasteiger partial charge >= 0.3 is 0 Å². The van der Waals surface area contributed by atoms with Gasteiger partial charge in [-0.2, -0.15) is 0 Å². The van der Waals surface area contributed by atoms with Gasteiger partial charge in [-0.25, -0.2) is 0 Å². The van der Waals surface area contributed by atoms with E-state index in [1.165, 1.54) is 22.4 Å². The Bertz CT molecular complexity index is 573. The highest BCUT2D eigenvalue weighted by Gasteiger charge is 2.12. The Labute approximate surface area is 115 Å². The number of rotatable bonds is 3. The number of anilines is 1. The Morgan fingerprint density at radius 3 is 2.42 bits per heavy atom. The third kappa shape index (κ3) is 2.96. The third-order valence-electron chi connectivity index (χ3n) is 3.52. The fourth-order valence-electron chi connectivity index (χ4n) is 2.27. The molecular formula is C17H22N2. The summed E-state index contributed by atoms with van der Waals surface area (Å²) in [5.41, 5.74) is 12.5. The Kier molecular flexibility index (Phi) is 3.91. The average Bonchev–Trinajstić information content (AvgIpc) is 2.41. The molecule has 2 rings (SSSR count). The van der Waals surface area contributed by atoms with Gasteiger partial charge in [0.2, 0.25) is 0 Å². The van der Waals surface area contributed by atoms with Crippen molar-refractivity contribution >= 4 is 5.69 Å². The lowest BCUT2D eigenvalue weighted by molar-refractivity contribution is 0.858. The zero-order chi connectivity index (χ0) is 14.0. The maximum absolute atomic E-state index is 6.44. The third-order valence-corrected chi connectivity index (χ3v) is 3.52. The van der Waals surface area contributed by atoms with Crippen molar-refractivity contribution in [3.63, 3.8) is 0 Å². The molecule has 1 atom stereocenters. The van der Waals surface area contributed by atoms with Crippen LogP contribution in [0.4, 0.5) is 5.69 Å². The first-order chi connectivity index (χ1) is 8.99. The smallest absolute Gasteiger partial charge is 0.0555 e. The van der Waals surface area contributed by atoms with Crippen LogP contribution in [0.15, 0.2) is 42.5 Å². The van der Waals surface area contributed by atoms with Crippen molar-refractivity contribution in [2.75, 3.05) is 19.0 Å². The lowest BCUT2D eigenvalue weighted by Gasteiger charge is -2.19. The highest BCUT2D eigenvalue weighted by Crippen LogP contribution is 2.26. The summed E-state index contributed by atoms with van der Waals surface area (Å²) in [4.78, 5) is 2.10. The maximum Gasteiger partial charge on any atom is 0.0555 e. The first-order valence-electron chi connectivity index (χ1n) is 6.59. The van der Waals surface area contributed by atoms with Crippen LogP contribution < -0.4 is 10.6 Å². The van der Waals surface area contributed by atoms with Gasteiger partial charge < -0.3 is 10.6 Å². The van der Waals surface area contributed by atoms with Gasteiger partial charge in [0.25, 0.3) is 0 Å². The Balaban J connectivity index is 2.41. The van der Waals surface area contributed by atoms with E-state index in [9.17, 15) is 0 Å². The van der Waals surface area contributed by atoms with Crippen LogP contribution in [0.1, 0.15) is 28.3 Å². The van der Waals surface area contributed by atoms with Gasteiger partial charge in [-0.05, 0) is 42.7 Å². The standard InChI is InChI=1S/C17H22N2/c1-12-8-9-13(2)16(10-12)17(18)14-6-5-7-15(11-14)19(3)4/h5-11,17H,18H2,1-4H3. The molecule has 0 saturated carbocycles. The van der Waals surface area contributed by atoms with Crippen molar-refractivity contribution in [2.24, 2.45) is 5.73 Å². The molecule has 0 heterocycles. The van der Waals surface area contributed by atoms with Crippen LogP contribution in [-0.4, -0.2) is 14.1 Å². The fraction of sp³-hybridized carbons (Fsp3) is 0.294. The molecule has 1 unspecified atom stereocenters. The first kappa shape index (κ1) is 13.6. The largest absolute Gasteiger partial charge is 0.378 e. The molecule has 19 heavy (non-hydrogen) atoms. The van der Waals surface area contributed by atoms with Gasteiger partial charge in [0, 0.05) is 19.8 Å². The molecule has 100 valence electrons. The molecule has 0 radical (unpaired) electrons. The van der Waals surface area contributed by atoms with E-state index in [1.807, 2.05) is 14.1 Å². The molecule has 0 aromatic heterocycles. The molecule has 0 aliphatic carbocycles. The van der Waals surface area contributed by atoms with Gasteiger partial charge in [-0.3, -0.25) is 0 Å². The van der Waals surface area contributed by atoms with Gasteiger partial charge in [0.1, 0.15) is 0 Å². The second-order valence-electron chi connectivity index (χ2n) is 5.33. The highest BCUT2D eigenvalue weighted by atomic mass is 15.1. The molecule has 0 bridgehead atoms. The molecule has 2 heteroatoms. The van der Waals surface area contributed by atoms with E-state index >= 15 is 0 Å². The van der Waals surface area contributed by atoms with Crippen LogP contribution in [0.2, 0.25) is 0 Å². The Morgan fingerprint density at radius 1 is 1.00 bits per heavy atom. The van der Waals surface area contributed by atoms with Gasteiger partial charge in [-0.1, -0.05) is 35.9 Å². The SMILES string of the molecule is Cc1ccc(C)c(C(N)c2cccc(N(C)C)c2)c1. The molecule has 2 aromatic rings. The van der Waals surface area contributed by atoms with Crippen molar-refractivity contribution in [1.29, 1.82) is 0 Å². The van der Waals surface area contributed by atoms with Crippen LogP contribution in [0.5, 0.6) is 0 Å². The van der Waals surface area contributed by atoms with Gasteiger partial charge in [-0.15, -0.1) is 0 Å². The van der Waals surface area contributed by atoms with E-state index in [1.54, 1.807) is 0 Å². The van der Waals surface area contributed by atoms with Crippen LogP contribution in [0, 0.1) is 13.8 Å². The predicted molar refractivity (Wildman–Crippen MR) is 82.7 cm³/mol. The van der Waals surface area contributed by atoms with Crippen molar-refractivity contribution < 1.29 is 0 Å². The summed E-state index contributed by atoms with van der Waals surface area (Å²) < 4.78 is 0. The summed E-state index contributed by atoms with van der Waals surface area (Å²) in [6.07, 6.45) is 0. The lowest BCUT2D eigenvalue weighted by Crippen LogP contribution is -2.15. The van der Waals surface area contributed by atoms with Gasteiger partial charge in [0.05, 0.1) is 6.04 Å². The Morgan fingerprint density at radius 2 is 1.74 bits per heavy atom. The Hall–Kier alpha value is -1.80. The number of nitrogens with zero attached hydrogens (tertiary/aromatic N) is 1. The van der Waals surface area contributed by atoms with Gasteiger partial charge in [0.15, 0.2) is 0 Å². The van der Waals surface area contributed by atoms with E-state index in [0.717, 1.165) is 5.56 Å². The van der Waals surface area contributed by atoms with E-state index in [0.29, 0.717) is 0 Å². The molecule has 2 nitrogen and oxygen atoms in total. The van der Waals surface area contributed by atoms with E-state index < -0.39 is 0 Å². The van der Waals surface area contributed by atoms with Crippen LogP contribution >= 0.6 is 0 Å². The minimum Gasteiger partial charge on any atom is -0.378 e. The summed E-state index contributed by atoms with van der Waals surface area (Å²) >= 11 is 0. The molecule has 0 spiro atoms. The van der Waals surface area contributed by atoms with E-state index in [2.05, 4.69) is 61.2 Å². The second-order valence-corrected chi connectivity index (χ2v) is 5.33. The number of nitrogens with two attached hydrogens (primary N) is 1. The van der Waals surface area contributed by atoms with Crippen molar-refractivity contribution in [1.82, 2.24) is 0 Å². The van der Waals surface area contributed by atoms with E-state index in [-0.39, 0.29) is 6.04 Å². The molecule has 0 saturated heterocycles. The minimum atomic E-state index is -0.0696. The zero-order valence-electron chi connectivity index (χ0n) is 12.1. The minimum absolute atomic E-state index is 0.0696. The van der Waals surface area contributed by atoms with Crippen LogP contribution in [0.3, 0.4) is 0 Å². The summed E-state index contributed by atoms with van der Waals surface area (Å²) in [5.74, 6) is 0. The maximum atomic E-state index is 6.44. The quantitative estimate of drug-likeness (QED) is 0.909. The summed E-state index contributed by atoms with van der Waals surface area (Å²) in [6, 6.07) is 14.8. The molecule has 0 aliphatic rings. The molecular weight excluding hydrogens is 232 g/mol. The number of benzene rings is 2. The van der Waals surface area contributed by atoms with Crippen LogP contribution in [0.25, 0.3) is 0 Å². The lowest BCUT2D eigenvalue weighted by atomic mass is 9.94. The first-order valence-corrected chi connectivity index (χ1v) is 6.59. The second kappa shape index (κ2) is 5.45. The van der Waals surface area contributed by atoms with E-state index in [4.69, 9.17) is 5.73 Å². The molecule has 2 aromatic carbocycles. The number of hydrogen-bond donors (Lipinski definition) is 1. The fourth-order valence-corrected chi connectivity index (χ4v) is 2.27. The monoisotopic (exact) mass is 254 g/mol. The summed E-state index contributed by atoms with van der Waals surface area (Å²) in [5, 5.41) is 0. The molecule has 2 N–H and O–H groups in total. The number of aryl methyl sites for hydroxylation is 2. The normalized spacial score (nSPS) is 12.3. The number of hydrogen-bond acceptors (Lipinski definition) is 2. The molecule has 0 fully saturated rings. The van der Waals surface area contributed by atoms with Crippen molar-refractivity contribution in [2.45, 2.75) is 19.9 Å². The summed E-state index contributed by atoms with van der Waals surface area (Å²) in [6.45, 7) is 4.22. The average molecular weight is 254 g/mol. The molecule has 0 amide bonds. The topological polar surface area (TPSA) is 29.3 Å². The highest BCUT2D eigenvalue weighted by molar-refractivity contribution is 5.50. The van der Waals surface area contributed by atoms with Crippen LogP contribution in [-0.2, 0) is 0 Å². The van der Waals surface area contributed by atoms with Crippen molar-refractivity contribution in [3.8, 4) is 0 Å². The van der Waals surface area contributed by atoms with Crippen molar-refractivity contribution in [3.05, 3.63) is 64.7 Å². The predicted octanol–water partition coefficient (Wildman–Crippen LogP) is 3.42.